The number of hydrogen-bond acceptors (Lipinski definition) is 5. The molecule has 1 atom stereocenters. The van der Waals surface area contributed by atoms with Gasteiger partial charge in [-0.05, 0) is 43.7 Å². The summed E-state index contributed by atoms with van der Waals surface area (Å²) in [6, 6.07) is 14.1. The molecule has 3 aromatic rings. The number of ether oxygens (including phenoxy) is 2. The maximum atomic E-state index is 12.6. The second-order valence-corrected chi connectivity index (χ2v) is 7.15. The fraction of sp³-hybridized carbons (Fsp3) is 0.292. The lowest BCUT2D eigenvalue weighted by Gasteiger charge is -2.12. The van der Waals surface area contributed by atoms with Crippen molar-refractivity contribution >= 4 is 28.6 Å². The van der Waals surface area contributed by atoms with Gasteiger partial charge in [0.1, 0.15) is 12.3 Å². The lowest BCUT2D eigenvalue weighted by molar-refractivity contribution is -0.145. The fourth-order valence-electron chi connectivity index (χ4n) is 3.08. The molecule has 1 aromatic heterocycles. The SMILES string of the molecule is CCCCOc1ccc(C(=O)NCC(=O)O[C@H](C)C(=O)c2c[nH]c3ccccc23)cc1. The number of fused-ring (bicyclic) bond motifs is 1. The van der Waals surface area contributed by atoms with Gasteiger partial charge in [0.05, 0.1) is 6.61 Å². The molecule has 0 bridgehead atoms. The maximum absolute atomic E-state index is 12.6. The normalized spacial score (nSPS) is 11.7. The molecule has 1 amide bonds. The Kier molecular flexibility index (Phi) is 7.43. The summed E-state index contributed by atoms with van der Waals surface area (Å²) in [4.78, 5) is 40.0. The van der Waals surface area contributed by atoms with Crippen molar-refractivity contribution in [1.82, 2.24) is 10.3 Å². The minimum absolute atomic E-state index is 0.309. The number of para-hydroxylation sites is 1. The van der Waals surface area contributed by atoms with E-state index < -0.39 is 18.0 Å². The predicted octanol–water partition coefficient (Wildman–Crippen LogP) is 3.89. The third kappa shape index (κ3) is 5.72. The molecular formula is C24H26N2O5. The number of nitrogens with one attached hydrogen (secondary N) is 2. The monoisotopic (exact) mass is 422 g/mol. The zero-order chi connectivity index (χ0) is 22.2. The van der Waals surface area contributed by atoms with Crippen LogP contribution in [0.15, 0.2) is 54.7 Å². The van der Waals surface area contributed by atoms with Crippen molar-refractivity contribution in [1.29, 1.82) is 0 Å². The highest BCUT2D eigenvalue weighted by Crippen LogP contribution is 2.20. The molecule has 2 N–H and O–H groups in total. The highest BCUT2D eigenvalue weighted by Gasteiger charge is 2.22. The summed E-state index contributed by atoms with van der Waals surface area (Å²) in [5, 5.41) is 3.28. The van der Waals surface area contributed by atoms with Crippen molar-refractivity contribution in [2.75, 3.05) is 13.2 Å². The van der Waals surface area contributed by atoms with Gasteiger partial charge >= 0.3 is 5.97 Å². The molecule has 1 heterocycles. The van der Waals surface area contributed by atoms with E-state index in [-0.39, 0.29) is 12.3 Å². The summed E-state index contributed by atoms with van der Waals surface area (Å²) in [5.74, 6) is -0.717. The highest BCUT2D eigenvalue weighted by molar-refractivity contribution is 6.10. The van der Waals surface area contributed by atoms with Gasteiger partial charge in [-0.2, -0.15) is 0 Å². The standard InChI is InChI=1S/C24H26N2O5/c1-3-4-13-30-18-11-9-17(10-12-18)24(29)26-15-22(27)31-16(2)23(28)20-14-25-21-8-6-5-7-19(20)21/h5-12,14,16,25H,3-4,13,15H2,1-2H3,(H,26,29)/t16-/m1/s1. The topological polar surface area (TPSA) is 97.5 Å². The van der Waals surface area contributed by atoms with Crippen LogP contribution in [0.4, 0.5) is 0 Å². The number of rotatable bonds is 10. The van der Waals surface area contributed by atoms with Gasteiger partial charge in [0.15, 0.2) is 6.10 Å². The molecule has 0 spiro atoms. The smallest absolute Gasteiger partial charge is 0.326 e. The Labute approximate surface area is 180 Å². The van der Waals surface area contributed by atoms with Crippen LogP contribution in [-0.2, 0) is 9.53 Å². The van der Waals surface area contributed by atoms with Crippen molar-refractivity contribution < 1.29 is 23.9 Å². The van der Waals surface area contributed by atoms with E-state index in [0.29, 0.717) is 23.5 Å². The zero-order valence-electron chi connectivity index (χ0n) is 17.6. The van der Waals surface area contributed by atoms with Crippen molar-refractivity contribution in [3.05, 3.63) is 65.9 Å². The number of hydrogen-bond donors (Lipinski definition) is 2. The molecular weight excluding hydrogens is 396 g/mol. The molecule has 0 unspecified atom stereocenters. The fourth-order valence-corrected chi connectivity index (χ4v) is 3.08. The highest BCUT2D eigenvalue weighted by atomic mass is 16.5. The van der Waals surface area contributed by atoms with Gasteiger partial charge in [-0.15, -0.1) is 0 Å². The molecule has 7 nitrogen and oxygen atoms in total. The van der Waals surface area contributed by atoms with E-state index in [2.05, 4.69) is 17.2 Å². The summed E-state index contributed by atoms with van der Waals surface area (Å²) in [5.41, 5.74) is 1.69. The Morgan fingerprint density at radius 2 is 1.81 bits per heavy atom. The number of carbonyl (C=O) groups is 3. The number of aromatic nitrogens is 1. The van der Waals surface area contributed by atoms with Crippen LogP contribution in [0.1, 0.15) is 47.4 Å². The summed E-state index contributed by atoms with van der Waals surface area (Å²) in [6.45, 7) is 3.89. The van der Waals surface area contributed by atoms with Crippen molar-refractivity contribution in [3.8, 4) is 5.75 Å². The molecule has 0 saturated carbocycles. The number of Topliss-reactive ketones (excluding diaryl/α,β-unsaturated/α-hetero) is 1. The number of amides is 1. The first kappa shape index (κ1) is 22.1. The Hall–Kier alpha value is -3.61. The minimum atomic E-state index is -0.969. The van der Waals surface area contributed by atoms with E-state index >= 15 is 0 Å². The van der Waals surface area contributed by atoms with Gasteiger partial charge in [-0.25, -0.2) is 0 Å². The van der Waals surface area contributed by atoms with Gasteiger partial charge in [0, 0.05) is 28.2 Å². The molecule has 0 fully saturated rings. The van der Waals surface area contributed by atoms with Crippen LogP contribution in [0.5, 0.6) is 5.75 Å². The molecule has 0 aliphatic rings. The number of ketones is 1. The molecule has 3 rings (SSSR count). The lowest BCUT2D eigenvalue weighted by atomic mass is 10.1. The van der Waals surface area contributed by atoms with Crippen LogP contribution in [-0.4, -0.2) is 41.9 Å². The maximum Gasteiger partial charge on any atom is 0.326 e. The molecule has 0 aliphatic heterocycles. The number of carbonyl (C=O) groups excluding carboxylic acids is 3. The van der Waals surface area contributed by atoms with Gasteiger partial charge < -0.3 is 19.8 Å². The van der Waals surface area contributed by atoms with Crippen LogP contribution in [0.2, 0.25) is 0 Å². The Morgan fingerprint density at radius 3 is 2.55 bits per heavy atom. The van der Waals surface area contributed by atoms with Crippen LogP contribution >= 0.6 is 0 Å². The Balaban J connectivity index is 1.49. The van der Waals surface area contributed by atoms with Crippen LogP contribution in [0, 0.1) is 0 Å². The minimum Gasteiger partial charge on any atom is -0.494 e. The van der Waals surface area contributed by atoms with Crippen LogP contribution in [0.3, 0.4) is 0 Å². The molecule has 2 aromatic carbocycles. The molecule has 0 radical (unpaired) electrons. The van der Waals surface area contributed by atoms with Gasteiger partial charge in [-0.1, -0.05) is 31.5 Å². The average molecular weight is 422 g/mol. The van der Waals surface area contributed by atoms with E-state index in [0.717, 1.165) is 23.7 Å². The number of unbranched alkanes of at least 4 members (excludes halogenated alkanes) is 1. The van der Waals surface area contributed by atoms with E-state index in [1.54, 1.807) is 30.5 Å². The first-order chi connectivity index (χ1) is 15.0. The number of benzene rings is 2. The van der Waals surface area contributed by atoms with Crippen molar-refractivity contribution in [2.24, 2.45) is 0 Å². The van der Waals surface area contributed by atoms with E-state index in [4.69, 9.17) is 9.47 Å². The Morgan fingerprint density at radius 1 is 1.06 bits per heavy atom. The van der Waals surface area contributed by atoms with Gasteiger partial charge in [0.25, 0.3) is 5.91 Å². The van der Waals surface area contributed by atoms with Crippen molar-refractivity contribution in [3.63, 3.8) is 0 Å². The molecule has 162 valence electrons. The third-order valence-electron chi connectivity index (χ3n) is 4.81. The van der Waals surface area contributed by atoms with E-state index in [9.17, 15) is 14.4 Å². The first-order valence-electron chi connectivity index (χ1n) is 10.3. The number of esters is 1. The Bertz CT molecular complexity index is 1060. The summed E-state index contributed by atoms with van der Waals surface area (Å²) >= 11 is 0. The first-order valence-corrected chi connectivity index (χ1v) is 10.3. The average Bonchev–Trinajstić information content (AvgIpc) is 3.21. The molecule has 0 aliphatic carbocycles. The van der Waals surface area contributed by atoms with E-state index in [1.165, 1.54) is 6.92 Å². The van der Waals surface area contributed by atoms with Crippen LogP contribution < -0.4 is 10.1 Å². The summed E-state index contributed by atoms with van der Waals surface area (Å²) < 4.78 is 10.8. The second kappa shape index (κ2) is 10.4. The van der Waals surface area contributed by atoms with Crippen molar-refractivity contribution in [2.45, 2.75) is 32.8 Å². The number of aromatic amines is 1. The largest absolute Gasteiger partial charge is 0.494 e. The third-order valence-corrected chi connectivity index (χ3v) is 4.81. The summed E-state index contributed by atoms with van der Waals surface area (Å²) in [6.07, 6.45) is 2.64. The van der Waals surface area contributed by atoms with Gasteiger partial charge in [-0.3, -0.25) is 14.4 Å². The lowest BCUT2D eigenvalue weighted by Crippen LogP contribution is -2.34. The molecule has 0 saturated heterocycles. The molecule has 7 heteroatoms. The number of H-pyrrole nitrogens is 1. The quantitative estimate of drug-likeness (QED) is 0.293. The van der Waals surface area contributed by atoms with Gasteiger partial charge in [0.2, 0.25) is 5.78 Å². The van der Waals surface area contributed by atoms with Crippen LogP contribution in [0.25, 0.3) is 10.9 Å². The second-order valence-electron chi connectivity index (χ2n) is 7.15. The zero-order valence-corrected chi connectivity index (χ0v) is 17.6. The summed E-state index contributed by atoms with van der Waals surface area (Å²) in [7, 11) is 0. The predicted molar refractivity (Wildman–Crippen MR) is 117 cm³/mol. The molecule has 31 heavy (non-hydrogen) atoms. The van der Waals surface area contributed by atoms with E-state index in [1.807, 2.05) is 24.3 Å².